The predicted molar refractivity (Wildman–Crippen MR) is 98.9 cm³/mol. The maximum Gasteiger partial charge on any atom is 0.275 e. The Balaban J connectivity index is 1.56. The van der Waals surface area contributed by atoms with E-state index in [0.717, 1.165) is 37.8 Å². The van der Waals surface area contributed by atoms with Crippen LogP contribution < -0.4 is 10.9 Å². The van der Waals surface area contributed by atoms with Gasteiger partial charge in [0.2, 0.25) is 10.1 Å². The van der Waals surface area contributed by atoms with Crippen LogP contribution in [0.3, 0.4) is 0 Å². The van der Waals surface area contributed by atoms with Crippen LogP contribution in [0.1, 0.15) is 23.3 Å². The monoisotopic (exact) mass is 375 g/mol. The van der Waals surface area contributed by atoms with Gasteiger partial charge in [-0.05, 0) is 26.0 Å². The van der Waals surface area contributed by atoms with Crippen molar-refractivity contribution < 1.29 is 9.15 Å². The second-order valence-corrected chi connectivity index (χ2v) is 7.29. The molecule has 4 rings (SSSR count). The highest BCUT2D eigenvalue weighted by molar-refractivity contribution is 7.20. The average Bonchev–Trinajstić information content (AvgIpc) is 3.22. The zero-order valence-corrected chi connectivity index (χ0v) is 15.6. The topological polar surface area (TPSA) is 84.9 Å². The van der Waals surface area contributed by atoms with Crippen LogP contribution in [0.2, 0.25) is 0 Å². The number of anilines is 1. The van der Waals surface area contributed by atoms with Gasteiger partial charge in [-0.1, -0.05) is 11.3 Å². The second-order valence-electron chi connectivity index (χ2n) is 6.33. The van der Waals surface area contributed by atoms with Crippen molar-refractivity contribution in [2.45, 2.75) is 19.9 Å². The minimum atomic E-state index is -0.164. The summed E-state index contributed by atoms with van der Waals surface area (Å²) in [5.41, 5.74) is 0.533. The fourth-order valence-corrected chi connectivity index (χ4v) is 3.96. The number of nitrogens with one attached hydrogen (secondary N) is 1. The van der Waals surface area contributed by atoms with Crippen molar-refractivity contribution in [2.75, 3.05) is 38.2 Å². The molecular weight excluding hydrogens is 354 g/mol. The molecule has 1 aliphatic heterocycles. The standard InChI is InChI=1S/C17H21N5O3S/c1-11-9-15(23)22-17(19-11)26-16(20-22)18-10-13(14-4-3-12(2)25-14)21-5-7-24-8-6-21/h3-4,9,13H,5-8,10H2,1-2H3,(H,18,20)/t13-/m0/s1. The zero-order chi connectivity index (χ0) is 18.1. The number of hydrogen-bond donors (Lipinski definition) is 1. The number of morpholine rings is 1. The van der Waals surface area contributed by atoms with Crippen LogP contribution in [0.4, 0.5) is 5.13 Å². The number of furan rings is 1. The maximum absolute atomic E-state index is 12.0. The molecule has 0 aliphatic carbocycles. The lowest BCUT2D eigenvalue weighted by atomic mass is 10.1. The molecule has 8 nitrogen and oxygen atoms in total. The van der Waals surface area contributed by atoms with Crippen LogP contribution in [-0.4, -0.2) is 52.3 Å². The summed E-state index contributed by atoms with van der Waals surface area (Å²) in [7, 11) is 0. The molecule has 1 atom stereocenters. The third-order valence-electron chi connectivity index (χ3n) is 4.40. The third kappa shape index (κ3) is 3.50. The Labute approximate surface area is 154 Å². The minimum absolute atomic E-state index is 0.0750. The fourth-order valence-electron chi connectivity index (χ4n) is 3.11. The van der Waals surface area contributed by atoms with Crippen LogP contribution in [0.5, 0.6) is 0 Å². The summed E-state index contributed by atoms with van der Waals surface area (Å²) in [4.78, 5) is 19.3. The van der Waals surface area contributed by atoms with Gasteiger partial charge in [-0.2, -0.15) is 4.52 Å². The molecule has 0 saturated carbocycles. The Kier molecular flexibility index (Phi) is 4.75. The third-order valence-corrected chi connectivity index (χ3v) is 5.26. The molecule has 138 valence electrons. The van der Waals surface area contributed by atoms with E-state index < -0.39 is 0 Å². The Hall–Kier alpha value is -2.23. The summed E-state index contributed by atoms with van der Waals surface area (Å²) in [6.45, 7) is 7.52. The predicted octanol–water partition coefficient (Wildman–Crippen LogP) is 1.85. The van der Waals surface area contributed by atoms with Crippen molar-refractivity contribution in [1.29, 1.82) is 0 Å². The molecule has 26 heavy (non-hydrogen) atoms. The van der Waals surface area contributed by atoms with E-state index in [1.54, 1.807) is 0 Å². The molecule has 3 aromatic heterocycles. The molecule has 1 saturated heterocycles. The van der Waals surface area contributed by atoms with E-state index in [1.165, 1.54) is 21.9 Å². The number of fused-ring (bicyclic) bond motifs is 1. The quantitative estimate of drug-likeness (QED) is 0.728. The summed E-state index contributed by atoms with van der Waals surface area (Å²) in [5.74, 6) is 1.81. The lowest BCUT2D eigenvalue weighted by molar-refractivity contribution is 0.0143. The Bertz CT molecular complexity index is 957. The number of nitrogens with zero attached hydrogens (tertiary/aromatic N) is 4. The molecule has 4 heterocycles. The molecule has 0 amide bonds. The SMILES string of the molecule is Cc1cc(=O)n2nc(NC[C@@H](c3ccc(C)o3)N3CCOCC3)sc2n1. The van der Waals surface area contributed by atoms with Gasteiger partial charge in [0.05, 0.1) is 19.3 Å². The Morgan fingerprint density at radius 1 is 1.31 bits per heavy atom. The van der Waals surface area contributed by atoms with Crippen molar-refractivity contribution in [3.8, 4) is 0 Å². The van der Waals surface area contributed by atoms with Crippen LogP contribution in [0.25, 0.3) is 4.96 Å². The minimum Gasteiger partial charge on any atom is -0.465 e. The average molecular weight is 375 g/mol. The molecular formula is C17H21N5O3S. The zero-order valence-electron chi connectivity index (χ0n) is 14.8. The summed E-state index contributed by atoms with van der Waals surface area (Å²) < 4.78 is 12.7. The molecule has 9 heteroatoms. The second kappa shape index (κ2) is 7.18. The first-order valence-electron chi connectivity index (χ1n) is 8.60. The van der Waals surface area contributed by atoms with E-state index in [9.17, 15) is 4.79 Å². The van der Waals surface area contributed by atoms with Gasteiger partial charge in [0.15, 0.2) is 0 Å². The summed E-state index contributed by atoms with van der Waals surface area (Å²) in [6, 6.07) is 5.56. The number of aryl methyl sites for hydroxylation is 2. The van der Waals surface area contributed by atoms with Gasteiger partial charge in [0.25, 0.3) is 5.56 Å². The molecule has 0 bridgehead atoms. The smallest absolute Gasteiger partial charge is 0.275 e. The molecule has 1 fully saturated rings. The number of aromatic nitrogens is 3. The first-order valence-corrected chi connectivity index (χ1v) is 9.41. The summed E-state index contributed by atoms with van der Waals surface area (Å²) in [6.07, 6.45) is 0. The first kappa shape index (κ1) is 17.2. The Morgan fingerprint density at radius 2 is 2.12 bits per heavy atom. The van der Waals surface area contributed by atoms with Gasteiger partial charge in [-0.3, -0.25) is 9.69 Å². The van der Waals surface area contributed by atoms with Crippen LogP contribution in [-0.2, 0) is 4.74 Å². The number of hydrogen-bond acceptors (Lipinski definition) is 8. The van der Waals surface area contributed by atoms with Gasteiger partial charge in [0.1, 0.15) is 11.5 Å². The molecule has 3 aromatic rings. The van der Waals surface area contributed by atoms with Gasteiger partial charge in [-0.15, -0.1) is 5.10 Å². The van der Waals surface area contributed by atoms with E-state index in [4.69, 9.17) is 9.15 Å². The molecule has 1 N–H and O–H groups in total. The highest BCUT2D eigenvalue weighted by atomic mass is 32.1. The molecule has 0 unspecified atom stereocenters. The highest BCUT2D eigenvalue weighted by Crippen LogP contribution is 2.25. The van der Waals surface area contributed by atoms with E-state index in [1.807, 2.05) is 26.0 Å². The summed E-state index contributed by atoms with van der Waals surface area (Å²) >= 11 is 1.37. The van der Waals surface area contributed by atoms with E-state index in [-0.39, 0.29) is 11.6 Å². The molecule has 0 radical (unpaired) electrons. The van der Waals surface area contributed by atoms with E-state index >= 15 is 0 Å². The van der Waals surface area contributed by atoms with Crippen molar-refractivity contribution in [1.82, 2.24) is 19.5 Å². The van der Waals surface area contributed by atoms with Crippen molar-refractivity contribution in [2.24, 2.45) is 0 Å². The first-order chi connectivity index (χ1) is 12.6. The van der Waals surface area contributed by atoms with Crippen molar-refractivity contribution in [3.63, 3.8) is 0 Å². The lowest BCUT2D eigenvalue weighted by Gasteiger charge is -2.33. The normalized spacial score (nSPS) is 16.8. The highest BCUT2D eigenvalue weighted by Gasteiger charge is 2.25. The van der Waals surface area contributed by atoms with Crippen molar-refractivity contribution >= 4 is 21.4 Å². The molecule has 0 spiro atoms. The van der Waals surface area contributed by atoms with Gasteiger partial charge < -0.3 is 14.5 Å². The van der Waals surface area contributed by atoms with Gasteiger partial charge in [-0.25, -0.2) is 4.98 Å². The summed E-state index contributed by atoms with van der Waals surface area (Å²) in [5, 5.41) is 8.36. The van der Waals surface area contributed by atoms with Gasteiger partial charge >= 0.3 is 0 Å². The van der Waals surface area contributed by atoms with E-state index in [0.29, 0.717) is 22.3 Å². The lowest BCUT2D eigenvalue weighted by Crippen LogP contribution is -2.41. The Morgan fingerprint density at radius 3 is 2.85 bits per heavy atom. The fraction of sp³-hybridized carbons (Fsp3) is 0.471. The van der Waals surface area contributed by atoms with Crippen LogP contribution in [0.15, 0.2) is 27.4 Å². The van der Waals surface area contributed by atoms with Crippen LogP contribution >= 0.6 is 11.3 Å². The van der Waals surface area contributed by atoms with Crippen LogP contribution in [0, 0.1) is 13.8 Å². The molecule has 0 aromatic carbocycles. The number of rotatable bonds is 5. The van der Waals surface area contributed by atoms with Gasteiger partial charge in [0, 0.05) is 31.4 Å². The van der Waals surface area contributed by atoms with E-state index in [2.05, 4.69) is 20.3 Å². The number of ether oxygens (including phenoxy) is 1. The molecule has 1 aliphatic rings. The largest absolute Gasteiger partial charge is 0.465 e. The van der Waals surface area contributed by atoms with Crippen molar-refractivity contribution in [3.05, 3.63) is 45.8 Å². The maximum atomic E-state index is 12.0.